The van der Waals surface area contributed by atoms with Crippen molar-refractivity contribution in [2.75, 3.05) is 49.1 Å². The van der Waals surface area contributed by atoms with Crippen LogP contribution in [0.25, 0.3) is 22.2 Å². The number of amides is 1. The van der Waals surface area contributed by atoms with Gasteiger partial charge in [-0.1, -0.05) is 6.07 Å². The number of aromatic nitrogens is 4. The molecule has 0 spiro atoms. The van der Waals surface area contributed by atoms with E-state index in [4.69, 9.17) is 9.97 Å². The number of anilines is 2. The summed E-state index contributed by atoms with van der Waals surface area (Å²) in [6.07, 6.45) is 4.09. The molecule has 9 heteroatoms. The summed E-state index contributed by atoms with van der Waals surface area (Å²) in [7, 11) is 0. The molecule has 2 aromatic heterocycles. The highest BCUT2D eigenvalue weighted by atomic mass is 16.4. The summed E-state index contributed by atoms with van der Waals surface area (Å²) in [6.45, 7) is 6.38. The van der Waals surface area contributed by atoms with Crippen molar-refractivity contribution in [1.82, 2.24) is 25.1 Å². The van der Waals surface area contributed by atoms with Crippen LogP contribution in [-0.2, 0) is 0 Å². The molecular formula is C22H27N7O2. The molecular weight excluding hydrogens is 394 g/mol. The van der Waals surface area contributed by atoms with Crippen LogP contribution in [0.4, 0.5) is 16.4 Å². The number of nitrogens with one attached hydrogen (secondary N) is 1. The van der Waals surface area contributed by atoms with E-state index in [9.17, 15) is 9.90 Å². The average molecular weight is 422 g/mol. The summed E-state index contributed by atoms with van der Waals surface area (Å²) >= 11 is 0. The number of hydrogen-bond donors (Lipinski definition) is 2. The van der Waals surface area contributed by atoms with Crippen molar-refractivity contribution in [3.63, 3.8) is 0 Å². The zero-order valence-electron chi connectivity index (χ0n) is 17.7. The zero-order chi connectivity index (χ0) is 21.4. The number of aromatic amines is 1. The molecule has 2 fully saturated rings. The highest BCUT2D eigenvalue weighted by molar-refractivity contribution is 5.86. The Balaban J connectivity index is 1.53. The molecule has 2 N–H and O–H groups in total. The van der Waals surface area contributed by atoms with E-state index in [1.165, 1.54) is 4.90 Å². The van der Waals surface area contributed by atoms with Crippen molar-refractivity contribution in [2.24, 2.45) is 0 Å². The molecule has 1 amide bonds. The van der Waals surface area contributed by atoms with Crippen LogP contribution in [0.15, 0.2) is 24.4 Å². The van der Waals surface area contributed by atoms with Crippen LogP contribution in [0.2, 0.25) is 0 Å². The van der Waals surface area contributed by atoms with E-state index < -0.39 is 6.09 Å². The Labute approximate surface area is 180 Å². The number of aryl methyl sites for hydroxylation is 1. The Morgan fingerprint density at radius 2 is 1.77 bits per heavy atom. The van der Waals surface area contributed by atoms with Gasteiger partial charge in [0.25, 0.3) is 0 Å². The summed E-state index contributed by atoms with van der Waals surface area (Å²) in [5.74, 6) is 1.77. The van der Waals surface area contributed by atoms with E-state index in [-0.39, 0.29) is 0 Å². The SMILES string of the molecule is Cc1[nH]nc2ccc(-c3cnc(N4CCCC4)c(N4CCCN(C(=O)O)CC4)n3)cc12. The first-order valence-corrected chi connectivity index (χ1v) is 10.9. The van der Waals surface area contributed by atoms with Crippen LogP contribution in [0.5, 0.6) is 0 Å². The lowest BCUT2D eigenvalue weighted by molar-refractivity contribution is 0.148. The molecule has 4 heterocycles. The van der Waals surface area contributed by atoms with Gasteiger partial charge in [0.05, 0.1) is 17.4 Å². The van der Waals surface area contributed by atoms with Gasteiger partial charge in [0.1, 0.15) is 0 Å². The van der Waals surface area contributed by atoms with Gasteiger partial charge in [-0.05, 0) is 38.3 Å². The second kappa shape index (κ2) is 8.05. The molecule has 31 heavy (non-hydrogen) atoms. The molecule has 2 aliphatic rings. The molecule has 162 valence electrons. The number of nitrogens with zero attached hydrogens (tertiary/aromatic N) is 6. The number of carboxylic acid groups (broad SMARTS) is 1. The summed E-state index contributed by atoms with van der Waals surface area (Å²) in [5, 5.41) is 17.8. The van der Waals surface area contributed by atoms with E-state index in [1.807, 2.05) is 25.3 Å². The van der Waals surface area contributed by atoms with Gasteiger partial charge in [-0.15, -0.1) is 0 Å². The minimum Gasteiger partial charge on any atom is -0.465 e. The van der Waals surface area contributed by atoms with Crippen molar-refractivity contribution in [2.45, 2.75) is 26.2 Å². The Bertz CT molecular complexity index is 1110. The number of H-pyrrole nitrogens is 1. The molecule has 2 saturated heterocycles. The average Bonchev–Trinajstić information content (AvgIpc) is 3.37. The summed E-state index contributed by atoms with van der Waals surface area (Å²) < 4.78 is 0. The molecule has 3 aromatic rings. The van der Waals surface area contributed by atoms with Gasteiger partial charge in [0.15, 0.2) is 11.6 Å². The number of fused-ring (bicyclic) bond motifs is 1. The quantitative estimate of drug-likeness (QED) is 0.670. The van der Waals surface area contributed by atoms with Gasteiger partial charge in [0.2, 0.25) is 0 Å². The second-order valence-corrected chi connectivity index (χ2v) is 8.29. The summed E-state index contributed by atoms with van der Waals surface area (Å²) in [5.41, 5.74) is 3.78. The Morgan fingerprint density at radius 3 is 2.58 bits per heavy atom. The monoisotopic (exact) mass is 421 g/mol. The Kier molecular flexibility index (Phi) is 5.09. The Morgan fingerprint density at radius 1 is 1.00 bits per heavy atom. The minimum absolute atomic E-state index is 0.473. The van der Waals surface area contributed by atoms with Crippen molar-refractivity contribution >= 4 is 28.6 Å². The molecule has 5 rings (SSSR count). The molecule has 0 unspecified atom stereocenters. The van der Waals surface area contributed by atoms with Gasteiger partial charge >= 0.3 is 6.09 Å². The molecule has 0 saturated carbocycles. The van der Waals surface area contributed by atoms with Gasteiger partial charge in [-0.2, -0.15) is 5.10 Å². The second-order valence-electron chi connectivity index (χ2n) is 8.29. The number of benzene rings is 1. The Hall–Kier alpha value is -3.36. The maximum atomic E-state index is 11.4. The third-order valence-electron chi connectivity index (χ3n) is 6.25. The lowest BCUT2D eigenvalue weighted by Crippen LogP contribution is -2.35. The number of rotatable bonds is 3. The van der Waals surface area contributed by atoms with Crippen LogP contribution in [0.3, 0.4) is 0 Å². The highest BCUT2D eigenvalue weighted by Crippen LogP contribution is 2.32. The van der Waals surface area contributed by atoms with Crippen molar-refractivity contribution in [3.05, 3.63) is 30.1 Å². The predicted molar refractivity (Wildman–Crippen MR) is 120 cm³/mol. The lowest BCUT2D eigenvalue weighted by atomic mass is 10.1. The summed E-state index contributed by atoms with van der Waals surface area (Å²) in [4.78, 5) is 27.4. The first-order valence-electron chi connectivity index (χ1n) is 10.9. The maximum absolute atomic E-state index is 11.4. The van der Waals surface area contributed by atoms with E-state index in [0.29, 0.717) is 19.6 Å². The normalized spacial score (nSPS) is 17.4. The largest absolute Gasteiger partial charge is 0.465 e. The first-order chi connectivity index (χ1) is 15.1. The van der Waals surface area contributed by atoms with Gasteiger partial charge in [-0.3, -0.25) is 5.10 Å². The smallest absolute Gasteiger partial charge is 0.407 e. The molecule has 0 bridgehead atoms. The fourth-order valence-corrected chi connectivity index (χ4v) is 4.49. The number of carbonyl (C=O) groups is 1. The maximum Gasteiger partial charge on any atom is 0.407 e. The predicted octanol–water partition coefficient (Wildman–Crippen LogP) is 3.12. The molecule has 1 aromatic carbocycles. The summed E-state index contributed by atoms with van der Waals surface area (Å²) in [6, 6.07) is 6.13. The van der Waals surface area contributed by atoms with Gasteiger partial charge in [0, 0.05) is 55.9 Å². The van der Waals surface area contributed by atoms with E-state index in [0.717, 1.165) is 78.4 Å². The van der Waals surface area contributed by atoms with Gasteiger partial charge in [-0.25, -0.2) is 14.8 Å². The van der Waals surface area contributed by atoms with Crippen LogP contribution < -0.4 is 9.80 Å². The number of hydrogen-bond acceptors (Lipinski definition) is 6. The van der Waals surface area contributed by atoms with Crippen LogP contribution in [0, 0.1) is 6.92 Å². The third kappa shape index (κ3) is 3.75. The molecule has 9 nitrogen and oxygen atoms in total. The minimum atomic E-state index is -0.856. The lowest BCUT2D eigenvalue weighted by Gasteiger charge is -2.27. The van der Waals surface area contributed by atoms with Crippen molar-refractivity contribution in [1.29, 1.82) is 0 Å². The molecule has 0 aliphatic carbocycles. The molecule has 0 atom stereocenters. The van der Waals surface area contributed by atoms with E-state index >= 15 is 0 Å². The van der Waals surface area contributed by atoms with Crippen molar-refractivity contribution in [3.8, 4) is 11.3 Å². The van der Waals surface area contributed by atoms with Crippen LogP contribution >= 0.6 is 0 Å². The third-order valence-corrected chi connectivity index (χ3v) is 6.25. The topological polar surface area (TPSA) is 101 Å². The molecule has 0 radical (unpaired) electrons. The zero-order valence-corrected chi connectivity index (χ0v) is 17.7. The fourth-order valence-electron chi connectivity index (χ4n) is 4.49. The molecule has 2 aliphatic heterocycles. The van der Waals surface area contributed by atoms with Crippen molar-refractivity contribution < 1.29 is 9.90 Å². The van der Waals surface area contributed by atoms with E-state index in [1.54, 1.807) is 0 Å². The van der Waals surface area contributed by atoms with Crippen LogP contribution in [-0.4, -0.2) is 75.5 Å². The first kappa shape index (κ1) is 19.6. The standard InChI is InChI=1S/C22H27N7O2/c1-15-17-13-16(5-6-18(17)26-25-15)19-14-23-20(27-7-2-3-8-27)21(24-19)28-9-4-10-29(12-11-28)22(30)31/h5-6,13-14H,2-4,7-12H2,1H3,(H,25,26)(H,30,31). The fraction of sp³-hybridized carbons (Fsp3) is 0.455. The van der Waals surface area contributed by atoms with E-state index in [2.05, 4.69) is 26.1 Å². The highest BCUT2D eigenvalue weighted by Gasteiger charge is 2.26. The van der Waals surface area contributed by atoms with Crippen LogP contribution in [0.1, 0.15) is 25.0 Å². The van der Waals surface area contributed by atoms with Gasteiger partial charge < -0.3 is 19.8 Å².